The normalized spacial score (nSPS) is 23.1. The Morgan fingerprint density at radius 1 is 1.63 bits per heavy atom. The molecule has 2 atom stereocenters. The fraction of sp³-hybridized carbons (Fsp3) is 0.615. The Hall–Kier alpha value is -0.620. The van der Waals surface area contributed by atoms with Gasteiger partial charge in [0.15, 0.2) is 0 Å². The topological polar surface area (TPSA) is 58.4 Å². The van der Waals surface area contributed by atoms with Crippen molar-refractivity contribution in [3.05, 3.63) is 22.4 Å². The molecular formula is C13H22ClN3OS. The number of thiophene rings is 1. The van der Waals surface area contributed by atoms with Gasteiger partial charge in [0.25, 0.3) is 0 Å². The van der Waals surface area contributed by atoms with Crippen molar-refractivity contribution in [1.29, 1.82) is 0 Å². The number of hydrogen-bond acceptors (Lipinski definition) is 4. The second-order valence-electron chi connectivity index (χ2n) is 4.97. The number of halogens is 1. The first-order chi connectivity index (χ1) is 8.69. The molecule has 1 aromatic rings. The van der Waals surface area contributed by atoms with E-state index in [2.05, 4.69) is 17.1 Å². The first kappa shape index (κ1) is 16.4. The number of rotatable bonds is 5. The van der Waals surface area contributed by atoms with Gasteiger partial charge in [0.05, 0.1) is 13.1 Å². The Bertz CT molecular complexity index is 385. The lowest BCUT2D eigenvalue weighted by Crippen LogP contribution is -2.38. The first-order valence-electron chi connectivity index (χ1n) is 6.42. The van der Waals surface area contributed by atoms with E-state index < -0.39 is 0 Å². The predicted octanol–water partition coefficient (Wildman–Crippen LogP) is 1.46. The second kappa shape index (κ2) is 7.85. The van der Waals surface area contributed by atoms with Crippen molar-refractivity contribution in [2.45, 2.75) is 25.9 Å². The molecule has 0 spiro atoms. The summed E-state index contributed by atoms with van der Waals surface area (Å²) in [7, 11) is 0. The number of hydrogen-bond donors (Lipinski definition) is 2. The molecule has 1 aliphatic heterocycles. The van der Waals surface area contributed by atoms with Crippen LogP contribution in [0.15, 0.2) is 17.5 Å². The minimum absolute atomic E-state index is 0. The van der Waals surface area contributed by atoms with Crippen LogP contribution in [0.25, 0.3) is 0 Å². The zero-order chi connectivity index (χ0) is 13.0. The Kier molecular flexibility index (Phi) is 6.79. The summed E-state index contributed by atoms with van der Waals surface area (Å²) >= 11 is 1.67. The summed E-state index contributed by atoms with van der Waals surface area (Å²) in [5.41, 5.74) is 5.69. The molecule has 1 aromatic heterocycles. The SMILES string of the molecule is CC1CC(CN)CN1CC(=O)NCc1cccs1.Cl. The highest BCUT2D eigenvalue weighted by atomic mass is 35.5. The van der Waals surface area contributed by atoms with Gasteiger partial charge >= 0.3 is 0 Å². The second-order valence-corrected chi connectivity index (χ2v) is 6.00. The van der Waals surface area contributed by atoms with E-state index in [1.807, 2.05) is 17.5 Å². The van der Waals surface area contributed by atoms with E-state index in [1.165, 1.54) is 4.88 Å². The van der Waals surface area contributed by atoms with Gasteiger partial charge in [-0.3, -0.25) is 9.69 Å². The average Bonchev–Trinajstić information content (AvgIpc) is 2.97. The third-order valence-electron chi connectivity index (χ3n) is 3.51. The van der Waals surface area contributed by atoms with Crippen LogP contribution < -0.4 is 11.1 Å². The Balaban J connectivity index is 0.00000180. The summed E-state index contributed by atoms with van der Waals surface area (Å²) in [6.45, 7) is 4.96. The molecule has 2 unspecified atom stereocenters. The van der Waals surface area contributed by atoms with Crippen molar-refractivity contribution in [3.63, 3.8) is 0 Å². The molecule has 108 valence electrons. The van der Waals surface area contributed by atoms with Gasteiger partial charge in [0, 0.05) is 17.5 Å². The zero-order valence-corrected chi connectivity index (χ0v) is 12.8. The summed E-state index contributed by atoms with van der Waals surface area (Å²) in [6.07, 6.45) is 1.11. The molecular weight excluding hydrogens is 282 g/mol. The molecule has 1 saturated heterocycles. The average molecular weight is 304 g/mol. The molecule has 19 heavy (non-hydrogen) atoms. The van der Waals surface area contributed by atoms with Gasteiger partial charge in [0.2, 0.25) is 5.91 Å². The third-order valence-corrected chi connectivity index (χ3v) is 4.39. The molecule has 3 N–H and O–H groups in total. The monoisotopic (exact) mass is 303 g/mol. The first-order valence-corrected chi connectivity index (χ1v) is 7.30. The van der Waals surface area contributed by atoms with Crippen molar-refractivity contribution < 1.29 is 4.79 Å². The van der Waals surface area contributed by atoms with Crippen LogP contribution in [-0.2, 0) is 11.3 Å². The number of nitrogens with two attached hydrogens (primary N) is 1. The molecule has 1 fully saturated rings. The van der Waals surface area contributed by atoms with Gasteiger partial charge in [-0.1, -0.05) is 6.07 Å². The van der Waals surface area contributed by atoms with E-state index in [0.29, 0.717) is 25.0 Å². The van der Waals surface area contributed by atoms with E-state index >= 15 is 0 Å². The lowest BCUT2D eigenvalue weighted by Gasteiger charge is -2.20. The van der Waals surface area contributed by atoms with Crippen molar-refractivity contribution in [2.75, 3.05) is 19.6 Å². The van der Waals surface area contributed by atoms with Crippen molar-refractivity contribution >= 4 is 29.7 Å². The zero-order valence-electron chi connectivity index (χ0n) is 11.2. The van der Waals surface area contributed by atoms with E-state index in [4.69, 9.17) is 5.73 Å². The van der Waals surface area contributed by atoms with Gasteiger partial charge in [-0.25, -0.2) is 0 Å². The maximum Gasteiger partial charge on any atom is 0.234 e. The molecule has 0 aromatic carbocycles. The lowest BCUT2D eigenvalue weighted by atomic mass is 10.1. The van der Waals surface area contributed by atoms with Crippen LogP contribution >= 0.6 is 23.7 Å². The highest BCUT2D eigenvalue weighted by Gasteiger charge is 2.29. The molecule has 2 rings (SSSR count). The fourth-order valence-corrected chi connectivity index (χ4v) is 3.09. The maximum atomic E-state index is 11.9. The van der Waals surface area contributed by atoms with Crippen LogP contribution in [0.2, 0.25) is 0 Å². The Morgan fingerprint density at radius 3 is 3.00 bits per heavy atom. The van der Waals surface area contributed by atoms with E-state index in [-0.39, 0.29) is 18.3 Å². The highest BCUT2D eigenvalue weighted by molar-refractivity contribution is 7.09. The maximum absolute atomic E-state index is 11.9. The van der Waals surface area contributed by atoms with Gasteiger partial charge in [0.1, 0.15) is 0 Å². The molecule has 2 heterocycles. The molecule has 1 aliphatic rings. The number of nitrogens with zero attached hydrogens (tertiary/aromatic N) is 1. The molecule has 0 radical (unpaired) electrons. The van der Waals surface area contributed by atoms with Gasteiger partial charge < -0.3 is 11.1 Å². The summed E-state index contributed by atoms with van der Waals surface area (Å²) in [5.74, 6) is 0.651. The van der Waals surface area contributed by atoms with Crippen LogP contribution in [0, 0.1) is 5.92 Å². The Morgan fingerprint density at radius 2 is 2.42 bits per heavy atom. The van der Waals surface area contributed by atoms with Crippen molar-refractivity contribution in [1.82, 2.24) is 10.2 Å². The van der Waals surface area contributed by atoms with Crippen LogP contribution in [0.3, 0.4) is 0 Å². The molecule has 1 amide bonds. The van der Waals surface area contributed by atoms with Gasteiger partial charge in [-0.2, -0.15) is 0 Å². The molecule has 4 nitrogen and oxygen atoms in total. The highest BCUT2D eigenvalue weighted by Crippen LogP contribution is 2.21. The van der Waals surface area contributed by atoms with Gasteiger partial charge in [-0.15, -0.1) is 23.7 Å². The number of carbonyl (C=O) groups excluding carboxylic acids is 1. The smallest absolute Gasteiger partial charge is 0.234 e. The summed E-state index contributed by atoms with van der Waals surface area (Å²) < 4.78 is 0. The van der Waals surface area contributed by atoms with E-state index in [9.17, 15) is 4.79 Å². The quantitative estimate of drug-likeness (QED) is 0.866. The molecule has 0 saturated carbocycles. The third kappa shape index (κ3) is 4.76. The number of carbonyl (C=O) groups is 1. The largest absolute Gasteiger partial charge is 0.350 e. The minimum atomic E-state index is 0. The lowest BCUT2D eigenvalue weighted by molar-refractivity contribution is -0.122. The van der Waals surface area contributed by atoms with E-state index in [0.717, 1.165) is 19.5 Å². The number of amides is 1. The van der Waals surface area contributed by atoms with Crippen LogP contribution in [0.5, 0.6) is 0 Å². The number of likely N-dealkylation sites (tertiary alicyclic amines) is 1. The fourth-order valence-electron chi connectivity index (χ4n) is 2.45. The summed E-state index contributed by atoms with van der Waals surface area (Å²) in [6, 6.07) is 4.50. The minimum Gasteiger partial charge on any atom is -0.350 e. The predicted molar refractivity (Wildman–Crippen MR) is 81.6 cm³/mol. The van der Waals surface area contributed by atoms with Crippen LogP contribution in [0.1, 0.15) is 18.2 Å². The number of nitrogens with one attached hydrogen (secondary N) is 1. The van der Waals surface area contributed by atoms with Crippen LogP contribution in [-0.4, -0.2) is 36.5 Å². The molecule has 0 bridgehead atoms. The van der Waals surface area contributed by atoms with Crippen LogP contribution in [0.4, 0.5) is 0 Å². The summed E-state index contributed by atoms with van der Waals surface area (Å²) in [4.78, 5) is 15.3. The molecule has 6 heteroatoms. The molecule has 0 aliphatic carbocycles. The Labute approximate surface area is 124 Å². The van der Waals surface area contributed by atoms with Crippen molar-refractivity contribution in [2.24, 2.45) is 11.7 Å². The summed E-state index contributed by atoms with van der Waals surface area (Å²) in [5, 5.41) is 4.99. The van der Waals surface area contributed by atoms with E-state index in [1.54, 1.807) is 11.3 Å². The van der Waals surface area contributed by atoms with Gasteiger partial charge in [-0.05, 0) is 37.3 Å². The standard InChI is InChI=1S/C13H21N3OS.ClH/c1-10-5-11(6-14)8-16(10)9-13(17)15-7-12-3-2-4-18-12;/h2-4,10-11H,5-9,14H2,1H3,(H,15,17);1H. The van der Waals surface area contributed by atoms with Crippen molar-refractivity contribution in [3.8, 4) is 0 Å².